The van der Waals surface area contributed by atoms with Crippen molar-refractivity contribution in [2.24, 2.45) is 0 Å². The smallest absolute Gasteiger partial charge is 0.0981 e. The standard InChI is InChI=1S/C13H17BrN2S2/c1-13(2,3)12-16-7-11(18-12)6-15-5-10-4-9(14)8-17-10/h4,7-8,15H,5-6H2,1-3H3. The minimum atomic E-state index is 0.154. The van der Waals surface area contributed by atoms with Gasteiger partial charge in [-0.15, -0.1) is 22.7 Å². The fraction of sp³-hybridized carbons (Fsp3) is 0.462. The minimum absolute atomic E-state index is 0.154. The average Bonchev–Trinajstić information content (AvgIpc) is 2.87. The Labute approximate surface area is 125 Å². The zero-order valence-electron chi connectivity index (χ0n) is 10.8. The topological polar surface area (TPSA) is 24.9 Å². The highest BCUT2D eigenvalue weighted by Crippen LogP contribution is 2.26. The molecule has 0 atom stereocenters. The lowest BCUT2D eigenvalue weighted by molar-refractivity contribution is 0.585. The number of hydrogen-bond acceptors (Lipinski definition) is 4. The first-order chi connectivity index (χ1) is 8.45. The molecular formula is C13H17BrN2S2. The van der Waals surface area contributed by atoms with Crippen molar-refractivity contribution in [3.05, 3.63) is 36.9 Å². The largest absolute Gasteiger partial charge is 0.307 e. The quantitative estimate of drug-likeness (QED) is 0.879. The van der Waals surface area contributed by atoms with Gasteiger partial charge in [-0.05, 0) is 22.0 Å². The fourth-order valence-electron chi connectivity index (χ4n) is 1.49. The van der Waals surface area contributed by atoms with E-state index in [0.29, 0.717) is 0 Å². The minimum Gasteiger partial charge on any atom is -0.307 e. The Morgan fingerprint density at radius 3 is 2.56 bits per heavy atom. The SMILES string of the molecule is CC(C)(C)c1ncc(CNCc2cc(Br)cs2)s1. The van der Waals surface area contributed by atoms with Gasteiger partial charge in [-0.3, -0.25) is 0 Å². The Morgan fingerprint density at radius 1 is 1.28 bits per heavy atom. The van der Waals surface area contributed by atoms with E-state index in [2.05, 4.69) is 58.4 Å². The predicted octanol–water partition coefficient (Wildman–Crippen LogP) is 4.55. The molecule has 18 heavy (non-hydrogen) atoms. The second kappa shape index (κ2) is 5.82. The van der Waals surface area contributed by atoms with Crippen LogP contribution in [0.15, 0.2) is 22.1 Å². The van der Waals surface area contributed by atoms with Gasteiger partial charge in [0.15, 0.2) is 0 Å². The van der Waals surface area contributed by atoms with Gasteiger partial charge in [0.1, 0.15) is 0 Å². The molecule has 2 aromatic rings. The molecule has 0 aliphatic rings. The Hall–Kier alpha value is -0.230. The Kier molecular flexibility index (Phi) is 4.59. The molecule has 0 fully saturated rings. The van der Waals surface area contributed by atoms with Gasteiger partial charge in [0.05, 0.1) is 5.01 Å². The maximum absolute atomic E-state index is 4.49. The molecule has 1 N–H and O–H groups in total. The molecule has 0 bridgehead atoms. The summed E-state index contributed by atoms with van der Waals surface area (Å²) in [5.41, 5.74) is 0.154. The third-order valence-corrected chi connectivity index (χ3v) is 5.54. The van der Waals surface area contributed by atoms with E-state index in [-0.39, 0.29) is 5.41 Å². The zero-order valence-corrected chi connectivity index (χ0v) is 14.0. The van der Waals surface area contributed by atoms with Crippen LogP contribution in [0.4, 0.5) is 0 Å². The Morgan fingerprint density at radius 2 is 2.00 bits per heavy atom. The third kappa shape index (κ3) is 3.88. The first-order valence-electron chi connectivity index (χ1n) is 5.84. The van der Waals surface area contributed by atoms with Gasteiger partial charge in [-0.2, -0.15) is 0 Å². The average molecular weight is 345 g/mol. The van der Waals surface area contributed by atoms with E-state index in [1.54, 1.807) is 22.7 Å². The number of thiophene rings is 1. The Bertz CT molecular complexity index is 511. The van der Waals surface area contributed by atoms with E-state index in [4.69, 9.17) is 0 Å². The molecule has 98 valence electrons. The van der Waals surface area contributed by atoms with E-state index in [1.807, 2.05) is 6.20 Å². The van der Waals surface area contributed by atoms with E-state index < -0.39 is 0 Å². The predicted molar refractivity (Wildman–Crippen MR) is 83.4 cm³/mol. The molecule has 0 aromatic carbocycles. The van der Waals surface area contributed by atoms with Crippen LogP contribution in [0.5, 0.6) is 0 Å². The molecule has 0 aliphatic heterocycles. The number of hydrogen-bond donors (Lipinski definition) is 1. The third-order valence-electron chi connectivity index (χ3n) is 2.42. The molecule has 0 saturated carbocycles. The molecule has 2 aromatic heterocycles. The first-order valence-corrected chi connectivity index (χ1v) is 8.33. The molecule has 0 spiro atoms. The van der Waals surface area contributed by atoms with Crippen molar-refractivity contribution in [3.63, 3.8) is 0 Å². The van der Waals surface area contributed by atoms with Crippen molar-refractivity contribution < 1.29 is 0 Å². The maximum Gasteiger partial charge on any atom is 0.0981 e. The molecule has 2 rings (SSSR count). The summed E-state index contributed by atoms with van der Waals surface area (Å²) in [4.78, 5) is 7.14. The molecular weight excluding hydrogens is 328 g/mol. The fourth-order valence-corrected chi connectivity index (χ4v) is 3.85. The van der Waals surface area contributed by atoms with Crippen LogP contribution in [0.2, 0.25) is 0 Å². The first kappa shape index (κ1) is 14.2. The second-order valence-corrected chi connectivity index (χ2v) is 8.24. The number of nitrogens with zero attached hydrogens (tertiary/aromatic N) is 1. The molecule has 0 radical (unpaired) electrons. The molecule has 0 unspecified atom stereocenters. The summed E-state index contributed by atoms with van der Waals surface area (Å²) in [6, 6.07) is 2.16. The second-order valence-electron chi connectivity index (χ2n) is 5.22. The number of halogens is 1. The molecule has 2 nitrogen and oxygen atoms in total. The molecule has 0 saturated heterocycles. The number of aromatic nitrogens is 1. The van der Waals surface area contributed by atoms with Crippen LogP contribution in [-0.4, -0.2) is 4.98 Å². The van der Waals surface area contributed by atoms with Gasteiger partial charge in [0.2, 0.25) is 0 Å². The number of thiazole rings is 1. The van der Waals surface area contributed by atoms with Crippen LogP contribution in [0.1, 0.15) is 35.5 Å². The van der Waals surface area contributed by atoms with Crippen LogP contribution in [-0.2, 0) is 18.5 Å². The summed E-state index contributed by atoms with van der Waals surface area (Å²) in [5, 5.41) is 6.78. The van der Waals surface area contributed by atoms with Crippen molar-refractivity contribution in [3.8, 4) is 0 Å². The highest BCUT2D eigenvalue weighted by molar-refractivity contribution is 9.10. The van der Waals surface area contributed by atoms with Crippen molar-refractivity contribution >= 4 is 38.6 Å². The van der Waals surface area contributed by atoms with Gasteiger partial charge in [-0.1, -0.05) is 20.8 Å². The monoisotopic (exact) mass is 344 g/mol. The van der Waals surface area contributed by atoms with E-state index >= 15 is 0 Å². The molecule has 0 amide bonds. The highest BCUT2D eigenvalue weighted by Gasteiger charge is 2.17. The number of rotatable bonds is 4. The summed E-state index contributed by atoms with van der Waals surface area (Å²) in [5.74, 6) is 0. The van der Waals surface area contributed by atoms with Crippen LogP contribution in [0, 0.1) is 0 Å². The van der Waals surface area contributed by atoms with Gasteiger partial charge in [-0.25, -0.2) is 4.98 Å². The van der Waals surface area contributed by atoms with Crippen molar-refractivity contribution in [2.45, 2.75) is 39.3 Å². The molecule has 0 aliphatic carbocycles. The number of nitrogens with one attached hydrogen (secondary N) is 1. The lowest BCUT2D eigenvalue weighted by atomic mass is 9.98. The summed E-state index contributed by atoms with van der Waals surface area (Å²) in [7, 11) is 0. The normalized spacial score (nSPS) is 12.0. The van der Waals surface area contributed by atoms with Gasteiger partial charge in [0, 0.05) is 44.3 Å². The van der Waals surface area contributed by atoms with Crippen LogP contribution < -0.4 is 5.32 Å². The van der Waals surface area contributed by atoms with E-state index in [9.17, 15) is 0 Å². The van der Waals surface area contributed by atoms with Gasteiger partial charge >= 0.3 is 0 Å². The summed E-state index contributed by atoms with van der Waals surface area (Å²) >= 11 is 7.04. The summed E-state index contributed by atoms with van der Waals surface area (Å²) < 4.78 is 1.16. The van der Waals surface area contributed by atoms with Crippen molar-refractivity contribution in [1.82, 2.24) is 10.3 Å². The highest BCUT2D eigenvalue weighted by atomic mass is 79.9. The van der Waals surface area contributed by atoms with Crippen LogP contribution >= 0.6 is 38.6 Å². The van der Waals surface area contributed by atoms with Gasteiger partial charge in [0.25, 0.3) is 0 Å². The van der Waals surface area contributed by atoms with Crippen molar-refractivity contribution in [1.29, 1.82) is 0 Å². The van der Waals surface area contributed by atoms with Crippen molar-refractivity contribution in [2.75, 3.05) is 0 Å². The van der Waals surface area contributed by atoms with Gasteiger partial charge < -0.3 is 5.32 Å². The van der Waals surface area contributed by atoms with E-state index in [1.165, 1.54) is 14.8 Å². The summed E-state index contributed by atoms with van der Waals surface area (Å²) in [6.07, 6.45) is 1.99. The molecule has 2 heterocycles. The molecule has 5 heteroatoms. The maximum atomic E-state index is 4.49. The lowest BCUT2D eigenvalue weighted by Gasteiger charge is -2.13. The van der Waals surface area contributed by atoms with Crippen LogP contribution in [0.3, 0.4) is 0 Å². The zero-order chi connectivity index (χ0) is 13.2. The Balaban J connectivity index is 1.85. The summed E-state index contributed by atoms with van der Waals surface area (Å²) in [6.45, 7) is 8.41. The lowest BCUT2D eigenvalue weighted by Crippen LogP contribution is -2.11. The van der Waals surface area contributed by atoms with E-state index in [0.717, 1.165) is 17.6 Å². The van der Waals surface area contributed by atoms with Crippen LogP contribution in [0.25, 0.3) is 0 Å².